The van der Waals surface area contributed by atoms with Gasteiger partial charge in [-0.3, -0.25) is 0 Å². The first-order valence-corrected chi connectivity index (χ1v) is 11.9. The second kappa shape index (κ2) is 9.56. The fraction of sp³-hybridized carbons (Fsp3) is 0.0667. The largest absolute Gasteiger partial charge is 0.214 e. The van der Waals surface area contributed by atoms with Gasteiger partial charge in [-0.1, -0.05) is 13.0 Å². The third-order valence-electron chi connectivity index (χ3n) is 2.45. The monoisotopic (exact) mass is 354 g/mol. The Bertz CT molecular complexity index is 509. The molecule has 3 aromatic rings. The van der Waals surface area contributed by atoms with E-state index in [1.165, 1.54) is 16.3 Å². The van der Waals surface area contributed by atoms with Gasteiger partial charge in [0.25, 0.3) is 0 Å². The van der Waals surface area contributed by atoms with Gasteiger partial charge in [-0.05, 0) is 0 Å². The topological polar surface area (TPSA) is 0 Å². The molecule has 0 amide bonds. The molecule has 0 spiro atoms. The second-order valence-electron chi connectivity index (χ2n) is 3.64. The van der Waals surface area contributed by atoms with Gasteiger partial charge in [0.15, 0.2) is 0 Å². The molecule has 0 atom stereocenters. The zero-order chi connectivity index (χ0) is 13.2. The van der Waals surface area contributed by atoms with Crippen LogP contribution in [0.15, 0.2) is 66.7 Å². The Morgan fingerprint density at radius 3 is 2.11 bits per heavy atom. The van der Waals surface area contributed by atoms with Crippen molar-refractivity contribution in [2.24, 2.45) is 0 Å². The fourth-order valence-electron chi connectivity index (χ4n) is 1.63. The summed E-state index contributed by atoms with van der Waals surface area (Å²) in [6.45, 7) is 2.14. The maximum Gasteiger partial charge on any atom is -0.172 e. The maximum atomic E-state index is 4.93. The minimum Gasteiger partial charge on any atom is -0.214 e. The number of benzene rings is 1. The van der Waals surface area contributed by atoms with Crippen molar-refractivity contribution in [1.82, 2.24) is 0 Å². The van der Waals surface area contributed by atoms with Gasteiger partial charge < -0.3 is 0 Å². The predicted octanol–water partition coefficient (Wildman–Crippen LogP) is 5.65. The zero-order valence-corrected chi connectivity index (χ0v) is 14.1. The van der Waals surface area contributed by atoms with Crippen LogP contribution in [0.2, 0.25) is 0 Å². The van der Waals surface area contributed by atoms with Crippen LogP contribution >= 0.6 is 17.0 Å². The standard InChI is InChI=1S/C10H9.C5H5.2ClH.Zr/c1-8-6-7-9-4-2-3-5-10(8)9;1-2-4-5-3-1;;;/h2-7H,1H3;1-5H;2*1H;/q2*-1;;;+4/p-2. The average molecular weight is 356 g/mol. The Balaban J connectivity index is 0.000000170. The molecule has 0 N–H and O–H groups in total. The number of aryl methyl sites for hydroxylation is 1. The van der Waals surface area contributed by atoms with Crippen LogP contribution in [0.25, 0.3) is 10.8 Å². The molecule has 0 radical (unpaired) electrons. The van der Waals surface area contributed by atoms with Crippen LogP contribution in [0.5, 0.6) is 0 Å². The average Bonchev–Trinajstić information content (AvgIpc) is 3.05. The molecule has 0 aliphatic carbocycles. The van der Waals surface area contributed by atoms with Crippen molar-refractivity contribution in [3.05, 3.63) is 72.3 Å². The van der Waals surface area contributed by atoms with E-state index >= 15 is 0 Å². The van der Waals surface area contributed by atoms with Crippen LogP contribution in [0.1, 0.15) is 5.56 Å². The molecule has 0 saturated heterocycles. The summed E-state index contributed by atoms with van der Waals surface area (Å²) in [7, 11) is 9.87. The summed E-state index contributed by atoms with van der Waals surface area (Å²) < 4.78 is 0. The van der Waals surface area contributed by atoms with Crippen molar-refractivity contribution in [2.45, 2.75) is 6.92 Å². The van der Waals surface area contributed by atoms with Crippen molar-refractivity contribution < 1.29 is 20.8 Å². The third-order valence-corrected chi connectivity index (χ3v) is 2.45. The van der Waals surface area contributed by atoms with Crippen LogP contribution in [0, 0.1) is 6.92 Å². The molecule has 0 heterocycles. The Kier molecular flexibility index (Phi) is 8.34. The van der Waals surface area contributed by atoms with E-state index in [1.54, 1.807) is 0 Å². The van der Waals surface area contributed by atoms with E-state index in [0.29, 0.717) is 0 Å². The summed E-state index contributed by atoms with van der Waals surface area (Å²) in [5.74, 6) is 0. The van der Waals surface area contributed by atoms with Crippen molar-refractivity contribution in [1.29, 1.82) is 0 Å². The van der Waals surface area contributed by atoms with Gasteiger partial charge in [-0.25, -0.2) is 12.1 Å². The maximum absolute atomic E-state index is 4.93. The fourth-order valence-corrected chi connectivity index (χ4v) is 1.63. The van der Waals surface area contributed by atoms with E-state index in [4.69, 9.17) is 17.0 Å². The van der Waals surface area contributed by atoms with E-state index in [1.807, 2.05) is 30.3 Å². The first-order valence-electron chi connectivity index (χ1n) is 5.53. The summed E-state index contributed by atoms with van der Waals surface area (Å²) in [5, 5.41) is 2.72. The van der Waals surface area contributed by atoms with Gasteiger partial charge in [0.05, 0.1) is 0 Å². The molecule has 18 heavy (non-hydrogen) atoms. The first-order chi connectivity index (χ1) is 8.79. The molecule has 0 unspecified atom stereocenters. The quantitative estimate of drug-likeness (QED) is 0.457. The smallest absolute Gasteiger partial charge is 0.172 e. The van der Waals surface area contributed by atoms with Gasteiger partial charge in [0.2, 0.25) is 0 Å². The minimum absolute atomic E-state index is 0.826. The van der Waals surface area contributed by atoms with Crippen molar-refractivity contribution in [3.8, 4) is 0 Å². The Labute approximate surface area is 127 Å². The molecular formula is C15H14Cl2Zr. The molecule has 3 rings (SSSR count). The molecule has 3 heteroatoms. The molecule has 3 aromatic carbocycles. The molecule has 92 valence electrons. The molecule has 0 saturated carbocycles. The summed E-state index contributed by atoms with van der Waals surface area (Å²) in [5.41, 5.74) is 1.37. The van der Waals surface area contributed by atoms with Gasteiger partial charge in [-0.15, -0.1) is 34.5 Å². The third kappa shape index (κ3) is 5.52. The second-order valence-corrected chi connectivity index (χ2v) is 7.37. The zero-order valence-electron chi connectivity index (χ0n) is 10.1. The Morgan fingerprint density at radius 1 is 1.00 bits per heavy atom. The normalized spacial score (nSPS) is 8.61. The van der Waals surface area contributed by atoms with E-state index in [2.05, 4.69) is 43.3 Å². The number of rotatable bonds is 0. The van der Waals surface area contributed by atoms with Crippen LogP contribution < -0.4 is 0 Å². The van der Waals surface area contributed by atoms with Gasteiger partial charge in [-0.2, -0.15) is 30.3 Å². The van der Waals surface area contributed by atoms with Crippen molar-refractivity contribution >= 4 is 27.8 Å². The molecule has 0 bridgehead atoms. The van der Waals surface area contributed by atoms with Crippen LogP contribution in [0.4, 0.5) is 0 Å². The summed E-state index contributed by atoms with van der Waals surface area (Å²) >= 11 is -0.826. The summed E-state index contributed by atoms with van der Waals surface area (Å²) in [6.07, 6.45) is 0. The summed E-state index contributed by atoms with van der Waals surface area (Å²) in [4.78, 5) is 0. The molecule has 0 aromatic heterocycles. The van der Waals surface area contributed by atoms with Gasteiger partial charge >= 0.3 is 37.9 Å². The Hall–Kier alpha value is -0.357. The van der Waals surface area contributed by atoms with Crippen LogP contribution in [-0.2, 0) is 20.8 Å². The van der Waals surface area contributed by atoms with Crippen LogP contribution in [0.3, 0.4) is 0 Å². The SMILES string of the molecule is C[c-]1ccc2ccccc21.[Cl][Zr+2][Cl].c1cc[cH-]c1. The van der Waals surface area contributed by atoms with Gasteiger partial charge in [0.1, 0.15) is 0 Å². The Morgan fingerprint density at radius 2 is 1.61 bits per heavy atom. The van der Waals surface area contributed by atoms with E-state index in [-0.39, 0.29) is 0 Å². The minimum atomic E-state index is -0.826. The molecule has 0 aliphatic heterocycles. The van der Waals surface area contributed by atoms with Crippen LogP contribution in [-0.4, -0.2) is 0 Å². The van der Waals surface area contributed by atoms with Crippen molar-refractivity contribution in [2.75, 3.05) is 0 Å². The van der Waals surface area contributed by atoms with Gasteiger partial charge in [0, 0.05) is 0 Å². The first kappa shape index (κ1) is 15.7. The van der Waals surface area contributed by atoms with E-state index in [0.717, 1.165) is 0 Å². The summed E-state index contributed by atoms with van der Waals surface area (Å²) in [6, 6.07) is 22.8. The molecule has 0 aliphatic rings. The number of hydrogen-bond donors (Lipinski definition) is 0. The molecule has 0 nitrogen and oxygen atoms in total. The number of fused-ring (bicyclic) bond motifs is 1. The number of halogens is 2. The number of hydrogen-bond acceptors (Lipinski definition) is 0. The van der Waals surface area contributed by atoms with E-state index < -0.39 is 20.8 Å². The predicted molar refractivity (Wildman–Crippen MR) is 78.0 cm³/mol. The molecular weight excluding hydrogens is 342 g/mol. The molecule has 0 fully saturated rings. The van der Waals surface area contributed by atoms with Crippen molar-refractivity contribution in [3.63, 3.8) is 0 Å². The van der Waals surface area contributed by atoms with E-state index in [9.17, 15) is 0 Å².